The normalized spacial score (nSPS) is 10.1. The highest BCUT2D eigenvalue weighted by molar-refractivity contribution is 5.87. The molecular weight excluding hydrogens is 261 g/mol. The average molecular weight is 275 g/mol. The molecule has 0 aliphatic carbocycles. The molecule has 0 fully saturated rings. The van der Waals surface area contributed by atoms with Crippen LogP contribution in [0.25, 0.3) is 0 Å². The molecule has 2 amide bonds. The number of nitrogens with two attached hydrogens (primary N) is 1. The van der Waals surface area contributed by atoms with Crippen molar-refractivity contribution in [1.29, 1.82) is 0 Å². The number of halogens is 1. The third-order valence-corrected chi connectivity index (χ3v) is 2.68. The van der Waals surface area contributed by atoms with E-state index in [0.29, 0.717) is 11.3 Å². The molecule has 0 radical (unpaired) electrons. The lowest BCUT2D eigenvalue weighted by molar-refractivity contribution is 0.259. The van der Waals surface area contributed by atoms with Gasteiger partial charge in [-0.05, 0) is 42.5 Å². The number of amides is 2. The van der Waals surface area contributed by atoms with Crippen LogP contribution in [0.5, 0.6) is 5.75 Å². The molecule has 2 rings (SSSR count). The first kappa shape index (κ1) is 13.7. The average Bonchev–Trinajstić information content (AvgIpc) is 2.41. The topological polar surface area (TPSA) is 87.4 Å². The third kappa shape index (κ3) is 3.61. The fourth-order valence-electron chi connectivity index (χ4n) is 1.71. The van der Waals surface area contributed by atoms with Crippen LogP contribution in [-0.4, -0.2) is 11.1 Å². The molecule has 6 heteroatoms. The fourth-order valence-corrected chi connectivity index (χ4v) is 1.71. The molecule has 0 saturated heterocycles. The number of rotatable bonds is 4. The summed E-state index contributed by atoms with van der Waals surface area (Å²) in [4.78, 5) is 10.7. The summed E-state index contributed by atoms with van der Waals surface area (Å²) in [7, 11) is 0. The number of hydrogen-bond donors (Lipinski definition) is 4. The molecule has 5 N–H and O–H groups in total. The summed E-state index contributed by atoms with van der Waals surface area (Å²) in [6.45, 7) is 0.284. The lowest BCUT2D eigenvalue weighted by atomic mass is 10.2. The van der Waals surface area contributed by atoms with Crippen molar-refractivity contribution in [2.24, 2.45) is 5.73 Å². The molecule has 0 unspecified atom stereocenters. The first-order chi connectivity index (χ1) is 9.54. The minimum Gasteiger partial charge on any atom is -0.508 e. The Morgan fingerprint density at radius 1 is 1.15 bits per heavy atom. The van der Waals surface area contributed by atoms with E-state index in [1.165, 1.54) is 18.2 Å². The predicted octanol–water partition coefficient (Wildman–Crippen LogP) is 2.63. The van der Waals surface area contributed by atoms with Crippen LogP contribution in [0, 0.1) is 5.82 Å². The van der Waals surface area contributed by atoms with E-state index in [2.05, 4.69) is 10.6 Å². The Kier molecular flexibility index (Phi) is 4.05. The van der Waals surface area contributed by atoms with E-state index in [9.17, 15) is 14.3 Å². The van der Waals surface area contributed by atoms with Gasteiger partial charge in [-0.3, -0.25) is 0 Å². The number of nitrogens with one attached hydrogen (secondary N) is 2. The number of carbonyl (C=O) groups excluding carboxylic acids is 1. The molecule has 5 nitrogen and oxygen atoms in total. The monoisotopic (exact) mass is 275 g/mol. The van der Waals surface area contributed by atoms with E-state index in [4.69, 9.17) is 5.73 Å². The number of phenols is 1. The Morgan fingerprint density at radius 3 is 2.45 bits per heavy atom. The van der Waals surface area contributed by atoms with Crippen molar-refractivity contribution in [3.8, 4) is 5.75 Å². The maximum Gasteiger partial charge on any atom is 0.316 e. The Bertz CT molecular complexity index is 614. The fraction of sp³-hybridized carbons (Fsp3) is 0.0714. The highest BCUT2D eigenvalue weighted by atomic mass is 19.1. The molecule has 0 heterocycles. The van der Waals surface area contributed by atoms with Gasteiger partial charge in [0.05, 0.1) is 0 Å². The second kappa shape index (κ2) is 5.92. The van der Waals surface area contributed by atoms with Crippen molar-refractivity contribution in [3.05, 3.63) is 53.8 Å². The van der Waals surface area contributed by atoms with Crippen LogP contribution in [0.3, 0.4) is 0 Å². The Hall–Kier alpha value is -2.76. The third-order valence-electron chi connectivity index (χ3n) is 2.68. The number of aromatic hydroxyl groups is 1. The summed E-state index contributed by atoms with van der Waals surface area (Å²) < 4.78 is 13.1. The zero-order valence-corrected chi connectivity index (χ0v) is 10.6. The zero-order valence-electron chi connectivity index (χ0n) is 10.6. The van der Waals surface area contributed by atoms with Gasteiger partial charge in [0.25, 0.3) is 0 Å². The number of anilines is 2. The number of phenolic OH excluding ortho intramolecular Hbond substituents is 1. The number of benzene rings is 2. The Balaban J connectivity index is 2.00. The minimum atomic E-state index is -0.629. The number of primary amides is 1. The SMILES string of the molecule is NC(=O)Nc1ccc(NCc2cc(F)ccc2O)cc1. The van der Waals surface area contributed by atoms with Crippen LogP contribution in [0.1, 0.15) is 5.56 Å². The first-order valence-corrected chi connectivity index (χ1v) is 5.92. The number of urea groups is 1. The molecule has 0 saturated carbocycles. The van der Waals surface area contributed by atoms with Gasteiger partial charge in [-0.1, -0.05) is 0 Å². The van der Waals surface area contributed by atoms with Crippen LogP contribution in [0.15, 0.2) is 42.5 Å². The van der Waals surface area contributed by atoms with Crippen molar-refractivity contribution >= 4 is 17.4 Å². The van der Waals surface area contributed by atoms with Crippen molar-refractivity contribution in [3.63, 3.8) is 0 Å². The van der Waals surface area contributed by atoms with Crippen molar-refractivity contribution in [2.75, 3.05) is 10.6 Å². The molecule has 2 aromatic carbocycles. The quantitative estimate of drug-likeness (QED) is 0.691. The molecule has 20 heavy (non-hydrogen) atoms. The molecule has 0 bridgehead atoms. The van der Waals surface area contributed by atoms with E-state index in [0.717, 1.165) is 5.69 Å². The summed E-state index contributed by atoms with van der Waals surface area (Å²) in [5, 5.41) is 15.1. The molecular formula is C14H14FN3O2. The lowest BCUT2D eigenvalue weighted by Crippen LogP contribution is -2.19. The Labute approximate surface area is 115 Å². The van der Waals surface area contributed by atoms with Crippen LogP contribution < -0.4 is 16.4 Å². The maximum atomic E-state index is 13.1. The summed E-state index contributed by atoms with van der Waals surface area (Å²) in [6, 6.07) is 9.98. The highest BCUT2D eigenvalue weighted by Crippen LogP contribution is 2.20. The van der Waals surface area contributed by atoms with Gasteiger partial charge >= 0.3 is 6.03 Å². The van der Waals surface area contributed by atoms with Gasteiger partial charge < -0.3 is 21.5 Å². The standard InChI is InChI=1S/C14H14FN3O2/c15-10-1-6-13(19)9(7-10)8-17-11-2-4-12(5-3-11)18-14(16)20/h1-7,17,19H,8H2,(H3,16,18,20). The molecule has 0 atom stereocenters. The minimum absolute atomic E-state index is 0.0333. The van der Waals surface area contributed by atoms with Gasteiger partial charge in [0.1, 0.15) is 11.6 Å². The molecule has 0 aliphatic rings. The molecule has 0 aromatic heterocycles. The van der Waals surface area contributed by atoms with Gasteiger partial charge in [-0.2, -0.15) is 0 Å². The molecule has 0 aliphatic heterocycles. The Morgan fingerprint density at radius 2 is 1.80 bits per heavy atom. The van der Waals surface area contributed by atoms with Gasteiger partial charge in [-0.15, -0.1) is 0 Å². The lowest BCUT2D eigenvalue weighted by Gasteiger charge is -2.09. The smallest absolute Gasteiger partial charge is 0.316 e. The van der Waals surface area contributed by atoms with E-state index in [-0.39, 0.29) is 12.3 Å². The van der Waals surface area contributed by atoms with Gasteiger partial charge in [0.2, 0.25) is 0 Å². The maximum absolute atomic E-state index is 13.1. The molecule has 104 valence electrons. The van der Waals surface area contributed by atoms with Crippen molar-refractivity contribution in [2.45, 2.75) is 6.54 Å². The summed E-state index contributed by atoms with van der Waals surface area (Å²) >= 11 is 0. The van der Waals surface area contributed by atoms with Crippen molar-refractivity contribution in [1.82, 2.24) is 0 Å². The van der Waals surface area contributed by atoms with E-state index in [1.54, 1.807) is 24.3 Å². The summed E-state index contributed by atoms with van der Waals surface area (Å²) in [5.74, 6) is -0.369. The molecule has 0 spiro atoms. The summed E-state index contributed by atoms with van der Waals surface area (Å²) in [5.41, 5.74) is 6.81. The highest BCUT2D eigenvalue weighted by Gasteiger charge is 2.03. The molecule has 2 aromatic rings. The van der Waals surface area contributed by atoms with E-state index < -0.39 is 11.8 Å². The second-order valence-electron chi connectivity index (χ2n) is 4.19. The largest absolute Gasteiger partial charge is 0.508 e. The predicted molar refractivity (Wildman–Crippen MR) is 75.0 cm³/mol. The van der Waals surface area contributed by atoms with Gasteiger partial charge in [-0.25, -0.2) is 9.18 Å². The zero-order chi connectivity index (χ0) is 14.5. The number of hydrogen-bond acceptors (Lipinski definition) is 3. The van der Waals surface area contributed by atoms with E-state index >= 15 is 0 Å². The first-order valence-electron chi connectivity index (χ1n) is 5.92. The van der Waals surface area contributed by atoms with Crippen molar-refractivity contribution < 1.29 is 14.3 Å². The van der Waals surface area contributed by atoms with Crippen LogP contribution in [0.4, 0.5) is 20.6 Å². The van der Waals surface area contributed by atoms with E-state index in [1.807, 2.05) is 0 Å². The van der Waals surface area contributed by atoms with Crippen LogP contribution in [-0.2, 0) is 6.54 Å². The second-order valence-corrected chi connectivity index (χ2v) is 4.19. The van der Waals surface area contributed by atoms with Gasteiger partial charge in [0, 0.05) is 23.5 Å². The summed E-state index contributed by atoms with van der Waals surface area (Å²) in [6.07, 6.45) is 0. The van der Waals surface area contributed by atoms with Crippen LogP contribution in [0.2, 0.25) is 0 Å². The van der Waals surface area contributed by atoms with Crippen LogP contribution >= 0.6 is 0 Å². The number of carbonyl (C=O) groups is 1. The van der Waals surface area contributed by atoms with Gasteiger partial charge in [0.15, 0.2) is 0 Å².